The summed E-state index contributed by atoms with van der Waals surface area (Å²) in [5, 5.41) is 7.84. The highest BCUT2D eigenvalue weighted by Crippen LogP contribution is 2.32. The lowest BCUT2D eigenvalue weighted by Gasteiger charge is -2.10. The molecule has 0 aliphatic heterocycles. The van der Waals surface area contributed by atoms with Crippen molar-refractivity contribution in [3.63, 3.8) is 0 Å². The van der Waals surface area contributed by atoms with Gasteiger partial charge in [-0.15, -0.1) is 0 Å². The number of fused-ring (bicyclic) bond motifs is 1. The van der Waals surface area contributed by atoms with Gasteiger partial charge in [0.05, 0.1) is 22.8 Å². The molecule has 0 radical (unpaired) electrons. The monoisotopic (exact) mass is 355 g/mol. The van der Waals surface area contributed by atoms with Gasteiger partial charge in [-0.25, -0.2) is 14.6 Å². The molecule has 8 heteroatoms. The molecule has 0 aliphatic rings. The van der Waals surface area contributed by atoms with Crippen molar-refractivity contribution in [1.82, 2.24) is 19.7 Å². The molecule has 0 bridgehead atoms. The molecule has 0 fully saturated rings. The second-order valence-electron chi connectivity index (χ2n) is 5.56. The van der Waals surface area contributed by atoms with Crippen molar-refractivity contribution in [3.05, 3.63) is 72.7 Å². The van der Waals surface area contributed by atoms with E-state index in [2.05, 4.69) is 20.4 Å². The molecule has 0 unspecified atom stereocenters. The van der Waals surface area contributed by atoms with Crippen LogP contribution in [0, 0.1) is 0 Å². The second kappa shape index (κ2) is 6.14. The maximum Gasteiger partial charge on any atom is 0.416 e. The highest BCUT2D eigenvalue weighted by Gasteiger charge is 2.30. The van der Waals surface area contributed by atoms with E-state index < -0.39 is 11.7 Å². The molecular formula is C18H12F3N5. The first-order valence-corrected chi connectivity index (χ1v) is 7.71. The van der Waals surface area contributed by atoms with Gasteiger partial charge in [-0.1, -0.05) is 24.3 Å². The number of para-hydroxylation sites is 1. The Morgan fingerprint density at radius 3 is 2.50 bits per heavy atom. The van der Waals surface area contributed by atoms with Crippen LogP contribution in [0.4, 0.5) is 24.7 Å². The van der Waals surface area contributed by atoms with E-state index >= 15 is 0 Å². The third kappa shape index (κ3) is 2.97. The molecule has 4 aromatic rings. The van der Waals surface area contributed by atoms with Crippen LogP contribution >= 0.6 is 0 Å². The molecule has 130 valence electrons. The number of anilines is 2. The molecule has 2 aromatic carbocycles. The van der Waals surface area contributed by atoms with Crippen molar-refractivity contribution in [1.29, 1.82) is 0 Å². The first-order chi connectivity index (χ1) is 12.5. The summed E-state index contributed by atoms with van der Waals surface area (Å²) in [7, 11) is 0. The number of aromatic nitrogens is 4. The maximum atomic E-state index is 12.9. The number of halogens is 3. The van der Waals surface area contributed by atoms with Gasteiger partial charge in [0.15, 0.2) is 5.65 Å². The molecule has 26 heavy (non-hydrogen) atoms. The van der Waals surface area contributed by atoms with Crippen molar-refractivity contribution < 1.29 is 13.2 Å². The summed E-state index contributed by atoms with van der Waals surface area (Å²) in [6, 6.07) is 14.4. The Kier molecular flexibility index (Phi) is 3.80. The molecule has 0 amide bonds. The first kappa shape index (κ1) is 16.1. The lowest BCUT2D eigenvalue weighted by Crippen LogP contribution is -2.05. The Labute approximate surface area is 146 Å². The quantitative estimate of drug-likeness (QED) is 0.585. The summed E-state index contributed by atoms with van der Waals surface area (Å²) >= 11 is 0. The minimum atomic E-state index is -4.41. The molecular weight excluding hydrogens is 343 g/mol. The van der Waals surface area contributed by atoms with E-state index in [4.69, 9.17) is 0 Å². The topological polar surface area (TPSA) is 55.6 Å². The molecule has 0 aliphatic carbocycles. The minimum Gasteiger partial charge on any atom is -0.340 e. The van der Waals surface area contributed by atoms with Gasteiger partial charge in [-0.2, -0.15) is 18.3 Å². The standard InChI is InChI=1S/C18H12F3N5/c19-18(20,21)12-5-4-6-13(9-12)25-16-15-10-24-26(17(15)23-11-22-16)14-7-2-1-3-8-14/h1-11H,(H,22,23,25). The van der Waals surface area contributed by atoms with Gasteiger partial charge in [0.2, 0.25) is 0 Å². The summed E-state index contributed by atoms with van der Waals surface area (Å²) in [5.41, 5.74) is 0.937. The number of nitrogens with zero attached hydrogens (tertiary/aromatic N) is 4. The van der Waals surface area contributed by atoms with E-state index in [1.807, 2.05) is 30.3 Å². The third-order valence-corrected chi connectivity index (χ3v) is 3.82. The van der Waals surface area contributed by atoms with Crippen molar-refractivity contribution in [2.24, 2.45) is 0 Å². The van der Waals surface area contributed by atoms with Gasteiger partial charge in [0.1, 0.15) is 12.1 Å². The van der Waals surface area contributed by atoms with Crippen molar-refractivity contribution in [3.8, 4) is 5.69 Å². The number of rotatable bonds is 3. The highest BCUT2D eigenvalue weighted by atomic mass is 19.4. The number of alkyl halides is 3. The largest absolute Gasteiger partial charge is 0.416 e. The lowest BCUT2D eigenvalue weighted by atomic mass is 10.2. The number of hydrogen-bond donors (Lipinski definition) is 1. The summed E-state index contributed by atoms with van der Waals surface area (Å²) in [4.78, 5) is 8.39. The minimum absolute atomic E-state index is 0.285. The summed E-state index contributed by atoms with van der Waals surface area (Å²) < 4.78 is 40.3. The van der Waals surface area contributed by atoms with E-state index in [0.717, 1.165) is 17.8 Å². The molecule has 2 aromatic heterocycles. The summed E-state index contributed by atoms with van der Waals surface area (Å²) in [6.45, 7) is 0. The molecule has 2 heterocycles. The molecule has 0 saturated heterocycles. The van der Waals surface area contributed by atoms with E-state index in [-0.39, 0.29) is 5.69 Å². The smallest absolute Gasteiger partial charge is 0.340 e. The predicted octanol–water partition coefficient (Wildman–Crippen LogP) is 4.58. The normalized spacial score (nSPS) is 11.7. The molecule has 0 spiro atoms. The van der Waals surface area contributed by atoms with Crippen LogP contribution in [0.15, 0.2) is 67.1 Å². The van der Waals surface area contributed by atoms with E-state index in [1.54, 1.807) is 16.9 Å². The van der Waals surface area contributed by atoms with Crippen LogP contribution in [-0.4, -0.2) is 19.7 Å². The van der Waals surface area contributed by atoms with Gasteiger partial charge in [-0.05, 0) is 30.3 Å². The van der Waals surface area contributed by atoms with Gasteiger partial charge in [-0.3, -0.25) is 0 Å². The van der Waals surface area contributed by atoms with Crippen LogP contribution < -0.4 is 5.32 Å². The number of hydrogen-bond acceptors (Lipinski definition) is 4. The fourth-order valence-corrected chi connectivity index (χ4v) is 2.61. The Hall–Kier alpha value is -3.42. The summed E-state index contributed by atoms with van der Waals surface area (Å²) in [5.74, 6) is 0.386. The van der Waals surface area contributed by atoms with Crippen LogP contribution in [0.1, 0.15) is 5.56 Å². The van der Waals surface area contributed by atoms with Crippen LogP contribution in [0.5, 0.6) is 0 Å². The van der Waals surface area contributed by atoms with Crippen LogP contribution in [0.3, 0.4) is 0 Å². The zero-order valence-corrected chi connectivity index (χ0v) is 13.3. The van der Waals surface area contributed by atoms with Gasteiger partial charge >= 0.3 is 6.18 Å². The Bertz CT molecular complexity index is 1060. The molecule has 0 atom stereocenters. The molecule has 4 rings (SSSR count). The average molecular weight is 355 g/mol. The summed E-state index contributed by atoms with van der Waals surface area (Å²) in [6.07, 6.45) is -1.48. The molecule has 5 nitrogen and oxygen atoms in total. The van der Waals surface area contributed by atoms with Crippen LogP contribution in [-0.2, 0) is 6.18 Å². The zero-order valence-electron chi connectivity index (χ0n) is 13.3. The van der Waals surface area contributed by atoms with Gasteiger partial charge < -0.3 is 5.32 Å². The average Bonchev–Trinajstić information content (AvgIpc) is 3.07. The SMILES string of the molecule is FC(F)(F)c1cccc(Nc2ncnc3c2cnn3-c2ccccc2)c1. The van der Waals surface area contributed by atoms with Gasteiger partial charge in [0, 0.05) is 5.69 Å². The Morgan fingerprint density at radius 1 is 0.923 bits per heavy atom. The van der Waals surface area contributed by atoms with E-state index in [0.29, 0.717) is 16.9 Å². The third-order valence-electron chi connectivity index (χ3n) is 3.82. The number of benzene rings is 2. The Morgan fingerprint density at radius 2 is 1.73 bits per heavy atom. The van der Waals surface area contributed by atoms with E-state index in [9.17, 15) is 13.2 Å². The highest BCUT2D eigenvalue weighted by molar-refractivity contribution is 5.89. The van der Waals surface area contributed by atoms with E-state index in [1.165, 1.54) is 12.4 Å². The molecule has 0 saturated carbocycles. The van der Waals surface area contributed by atoms with Crippen molar-refractivity contribution >= 4 is 22.5 Å². The van der Waals surface area contributed by atoms with Crippen molar-refractivity contribution in [2.45, 2.75) is 6.18 Å². The fourth-order valence-electron chi connectivity index (χ4n) is 2.61. The predicted molar refractivity (Wildman–Crippen MR) is 91.4 cm³/mol. The fraction of sp³-hybridized carbons (Fsp3) is 0.0556. The van der Waals surface area contributed by atoms with Crippen LogP contribution in [0.25, 0.3) is 16.7 Å². The first-order valence-electron chi connectivity index (χ1n) is 7.71. The number of nitrogens with one attached hydrogen (secondary N) is 1. The Balaban J connectivity index is 1.74. The maximum absolute atomic E-state index is 12.9. The van der Waals surface area contributed by atoms with Crippen LogP contribution in [0.2, 0.25) is 0 Å². The molecule has 1 N–H and O–H groups in total. The van der Waals surface area contributed by atoms with Crippen molar-refractivity contribution in [2.75, 3.05) is 5.32 Å². The second-order valence-corrected chi connectivity index (χ2v) is 5.56. The lowest BCUT2D eigenvalue weighted by molar-refractivity contribution is -0.137. The zero-order chi connectivity index (χ0) is 18.1. The van der Waals surface area contributed by atoms with Gasteiger partial charge in [0.25, 0.3) is 0 Å².